The van der Waals surface area contributed by atoms with E-state index in [4.69, 9.17) is 4.74 Å². The molecule has 0 aliphatic carbocycles. The Morgan fingerprint density at radius 3 is 3.00 bits per heavy atom. The highest BCUT2D eigenvalue weighted by molar-refractivity contribution is 5.39. The fourth-order valence-electron chi connectivity index (χ4n) is 4.87. The van der Waals surface area contributed by atoms with E-state index in [0.717, 1.165) is 69.6 Å². The Hall–Kier alpha value is -1.96. The number of hydrogen-bond donors (Lipinski definition) is 1. The quantitative estimate of drug-likeness (QED) is 0.868. The van der Waals surface area contributed by atoms with Crippen LogP contribution in [0.25, 0.3) is 0 Å². The predicted octanol–water partition coefficient (Wildman–Crippen LogP) is 1.74. The lowest BCUT2D eigenvalue weighted by Gasteiger charge is -2.31. The number of nitrogens with zero attached hydrogens (tertiary/aromatic N) is 5. The minimum absolute atomic E-state index is 0.166. The molecule has 0 amide bonds. The molecule has 2 aromatic rings. The topological polar surface area (TPSA) is 66.7 Å². The molecule has 1 aromatic heterocycles. The third kappa shape index (κ3) is 3.21. The van der Waals surface area contributed by atoms with E-state index in [-0.39, 0.29) is 12.1 Å². The summed E-state index contributed by atoms with van der Waals surface area (Å²) >= 11 is 0. The first-order valence-corrected chi connectivity index (χ1v) is 10.4. The number of ether oxygens (including phenoxy) is 1. The molecule has 0 unspecified atom stereocenters. The summed E-state index contributed by atoms with van der Waals surface area (Å²) < 4.78 is 7.90. The van der Waals surface area contributed by atoms with Gasteiger partial charge in [0.05, 0.1) is 25.3 Å². The minimum Gasteiger partial charge on any atom is -0.493 e. The summed E-state index contributed by atoms with van der Waals surface area (Å²) in [6.07, 6.45) is 1.49. The van der Waals surface area contributed by atoms with Gasteiger partial charge < -0.3 is 14.4 Å². The summed E-state index contributed by atoms with van der Waals surface area (Å²) in [6.45, 7) is 9.53. The fourth-order valence-corrected chi connectivity index (χ4v) is 4.87. The maximum atomic E-state index is 10.2. The second kappa shape index (κ2) is 7.13. The van der Waals surface area contributed by atoms with Crippen molar-refractivity contribution in [2.45, 2.75) is 64.5 Å². The molecule has 0 saturated carbocycles. The molecular weight excluding hydrogens is 354 g/mol. The van der Waals surface area contributed by atoms with Crippen molar-refractivity contribution in [3.63, 3.8) is 0 Å². The van der Waals surface area contributed by atoms with Gasteiger partial charge in [-0.25, -0.2) is 0 Å². The van der Waals surface area contributed by atoms with E-state index in [1.807, 2.05) is 0 Å². The fraction of sp³-hybridized carbons (Fsp3) is 0.619. The van der Waals surface area contributed by atoms with Gasteiger partial charge in [0.1, 0.15) is 11.6 Å². The highest BCUT2D eigenvalue weighted by Gasteiger charge is 2.37. The van der Waals surface area contributed by atoms with Crippen LogP contribution in [0.1, 0.15) is 49.1 Å². The lowest BCUT2D eigenvalue weighted by molar-refractivity contribution is 0.155. The molecule has 1 N–H and O–H groups in total. The van der Waals surface area contributed by atoms with Gasteiger partial charge in [-0.05, 0) is 37.5 Å². The van der Waals surface area contributed by atoms with Crippen LogP contribution >= 0.6 is 0 Å². The highest BCUT2D eigenvalue weighted by atomic mass is 16.5. The number of benzene rings is 1. The average molecular weight is 383 g/mol. The van der Waals surface area contributed by atoms with Crippen molar-refractivity contribution in [3.05, 3.63) is 41.0 Å². The standard InChI is InChI=1S/C21H29N5O2/c1-14(2)26-12-17(27)10-18(26)21-23-22-20-13-24(6-7-25(20)21)11-15-3-4-19-16(9-15)5-8-28-19/h3-4,9,14,17-18,27H,5-8,10-13H2,1-2H3/t17-,18+/m1/s1. The predicted molar refractivity (Wildman–Crippen MR) is 105 cm³/mol. The van der Waals surface area contributed by atoms with Crippen LogP contribution in [0.15, 0.2) is 18.2 Å². The first-order valence-electron chi connectivity index (χ1n) is 10.4. The SMILES string of the molecule is CC(C)N1C[C@H](O)C[C@H]1c1nnc2n1CCN(Cc1ccc3c(c1)CCO3)C2. The zero-order valence-electron chi connectivity index (χ0n) is 16.7. The van der Waals surface area contributed by atoms with Gasteiger partial charge in [-0.15, -0.1) is 10.2 Å². The number of aliphatic hydroxyl groups excluding tert-OH is 1. The molecule has 0 spiro atoms. The Bertz CT molecular complexity index is 864. The van der Waals surface area contributed by atoms with Crippen molar-refractivity contribution >= 4 is 0 Å². The van der Waals surface area contributed by atoms with Crippen LogP contribution in [0.2, 0.25) is 0 Å². The lowest BCUT2D eigenvalue weighted by atomic mass is 10.1. The van der Waals surface area contributed by atoms with Gasteiger partial charge in [-0.1, -0.05) is 12.1 Å². The van der Waals surface area contributed by atoms with E-state index >= 15 is 0 Å². The smallest absolute Gasteiger partial charge is 0.150 e. The molecule has 3 aliphatic heterocycles. The molecule has 2 atom stereocenters. The Balaban J connectivity index is 1.31. The van der Waals surface area contributed by atoms with Crippen molar-refractivity contribution in [1.82, 2.24) is 24.6 Å². The lowest BCUT2D eigenvalue weighted by Crippen LogP contribution is -2.36. The second-order valence-corrected chi connectivity index (χ2v) is 8.57. The molecule has 0 radical (unpaired) electrons. The van der Waals surface area contributed by atoms with Gasteiger partial charge in [-0.3, -0.25) is 9.80 Å². The molecule has 5 rings (SSSR count). The molecule has 150 valence electrons. The van der Waals surface area contributed by atoms with Crippen molar-refractivity contribution in [3.8, 4) is 5.75 Å². The van der Waals surface area contributed by atoms with Crippen LogP contribution in [-0.2, 0) is 26.1 Å². The summed E-state index contributed by atoms with van der Waals surface area (Å²) in [6, 6.07) is 7.12. The summed E-state index contributed by atoms with van der Waals surface area (Å²) in [7, 11) is 0. The highest BCUT2D eigenvalue weighted by Crippen LogP contribution is 2.34. The normalized spacial score (nSPS) is 25.1. The minimum atomic E-state index is -0.274. The van der Waals surface area contributed by atoms with E-state index in [9.17, 15) is 5.11 Å². The Morgan fingerprint density at radius 2 is 2.14 bits per heavy atom. The molecule has 3 aliphatic rings. The van der Waals surface area contributed by atoms with Gasteiger partial charge in [0.2, 0.25) is 0 Å². The van der Waals surface area contributed by atoms with E-state index in [0.29, 0.717) is 6.04 Å². The monoisotopic (exact) mass is 383 g/mol. The van der Waals surface area contributed by atoms with Crippen molar-refractivity contribution in [1.29, 1.82) is 0 Å². The molecule has 4 heterocycles. The molecule has 1 aromatic carbocycles. The van der Waals surface area contributed by atoms with Gasteiger partial charge in [0.25, 0.3) is 0 Å². The van der Waals surface area contributed by atoms with Gasteiger partial charge in [0, 0.05) is 38.6 Å². The molecule has 1 fully saturated rings. The van der Waals surface area contributed by atoms with Gasteiger partial charge in [0.15, 0.2) is 5.82 Å². The molecule has 28 heavy (non-hydrogen) atoms. The Kier molecular flexibility index (Phi) is 4.61. The van der Waals surface area contributed by atoms with Crippen LogP contribution in [-0.4, -0.2) is 61.5 Å². The zero-order chi connectivity index (χ0) is 19.3. The van der Waals surface area contributed by atoms with Crippen LogP contribution < -0.4 is 4.74 Å². The average Bonchev–Trinajstić information content (AvgIpc) is 3.38. The van der Waals surface area contributed by atoms with Crippen LogP contribution in [0.3, 0.4) is 0 Å². The molecule has 7 heteroatoms. The number of hydrogen-bond acceptors (Lipinski definition) is 6. The Morgan fingerprint density at radius 1 is 1.25 bits per heavy atom. The van der Waals surface area contributed by atoms with Crippen LogP contribution in [0.4, 0.5) is 0 Å². The number of aliphatic hydroxyl groups is 1. The third-order valence-electron chi connectivity index (χ3n) is 6.30. The number of fused-ring (bicyclic) bond motifs is 2. The molecule has 1 saturated heterocycles. The Labute approximate surface area is 165 Å². The summed E-state index contributed by atoms with van der Waals surface area (Å²) in [5, 5.41) is 19.2. The van der Waals surface area contributed by atoms with E-state index in [1.165, 1.54) is 11.1 Å². The maximum Gasteiger partial charge on any atom is 0.150 e. The van der Waals surface area contributed by atoms with Gasteiger partial charge in [-0.2, -0.15) is 0 Å². The van der Waals surface area contributed by atoms with Crippen LogP contribution in [0.5, 0.6) is 5.75 Å². The van der Waals surface area contributed by atoms with E-state index < -0.39 is 0 Å². The van der Waals surface area contributed by atoms with Crippen molar-refractivity contribution < 1.29 is 9.84 Å². The van der Waals surface area contributed by atoms with E-state index in [1.54, 1.807) is 0 Å². The first-order chi connectivity index (χ1) is 13.6. The van der Waals surface area contributed by atoms with Crippen LogP contribution in [0, 0.1) is 0 Å². The van der Waals surface area contributed by atoms with Crippen molar-refractivity contribution in [2.75, 3.05) is 19.7 Å². The zero-order valence-corrected chi connectivity index (χ0v) is 16.7. The largest absolute Gasteiger partial charge is 0.493 e. The second-order valence-electron chi connectivity index (χ2n) is 8.57. The maximum absolute atomic E-state index is 10.2. The van der Waals surface area contributed by atoms with Gasteiger partial charge >= 0.3 is 0 Å². The molecule has 7 nitrogen and oxygen atoms in total. The summed E-state index contributed by atoms with van der Waals surface area (Å²) in [5.41, 5.74) is 2.66. The summed E-state index contributed by atoms with van der Waals surface area (Å²) in [4.78, 5) is 4.79. The molecule has 0 bridgehead atoms. The number of β-amino-alcohol motifs (C(OH)–C–C–N with tert-alkyl or cyclic N) is 1. The molecular formula is C21H29N5O2. The van der Waals surface area contributed by atoms with E-state index in [2.05, 4.69) is 56.6 Å². The number of likely N-dealkylation sites (tertiary alicyclic amines) is 1. The third-order valence-corrected chi connectivity index (χ3v) is 6.30. The first kappa shape index (κ1) is 18.1. The number of rotatable bonds is 4. The number of aromatic nitrogens is 3. The van der Waals surface area contributed by atoms with Crippen molar-refractivity contribution in [2.24, 2.45) is 0 Å². The summed E-state index contributed by atoms with van der Waals surface area (Å²) in [5.74, 6) is 3.10.